The van der Waals surface area contributed by atoms with E-state index in [0.29, 0.717) is 13.0 Å². The van der Waals surface area contributed by atoms with E-state index in [1.54, 1.807) is 12.1 Å². The molecule has 0 aliphatic rings. The lowest BCUT2D eigenvalue weighted by atomic mass is 10.3. The summed E-state index contributed by atoms with van der Waals surface area (Å²) in [6.45, 7) is 0.421. The minimum Gasteiger partial charge on any atom is -0.337 e. The second-order valence-electron chi connectivity index (χ2n) is 4.81. The quantitative estimate of drug-likeness (QED) is 0.778. The van der Waals surface area contributed by atoms with Gasteiger partial charge in [-0.25, -0.2) is 14.2 Å². The summed E-state index contributed by atoms with van der Waals surface area (Å²) in [5.74, 6) is -0.460. The van der Waals surface area contributed by atoms with Gasteiger partial charge in [-0.2, -0.15) is 0 Å². The van der Waals surface area contributed by atoms with Crippen LogP contribution in [0.5, 0.6) is 0 Å². The highest BCUT2D eigenvalue weighted by atomic mass is 19.1. The molecule has 22 heavy (non-hydrogen) atoms. The van der Waals surface area contributed by atoms with Crippen molar-refractivity contribution >= 4 is 17.4 Å². The van der Waals surface area contributed by atoms with Crippen LogP contribution < -0.4 is 10.6 Å². The van der Waals surface area contributed by atoms with E-state index in [9.17, 15) is 9.18 Å². The number of amides is 2. The molecule has 2 heterocycles. The van der Waals surface area contributed by atoms with Gasteiger partial charge in [-0.15, -0.1) is 0 Å². The number of pyridine rings is 1. The van der Waals surface area contributed by atoms with Crippen LogP contribution in [0.1, 0.15) is 5.69 Å². The van der Waals surface area contributed by atoms with Crippen molar-refractivity contribution in [3.8, 4) is 0 Å². The molecule has 2 aromatic heterocycles. The largest absolute Gasteiger partial charge is 0.337 e. The lowest BCUT2D eigenvalue weighted by Crippen LogP contribution is -2.30. The zero-order chi connectivity index (χ0) is 15.4. The number of benzene rings is 1. The van der Waals surface area contributed by atoms with Crippen molar-refractivity contribution in [1.29, 1.82) is 0 Å². The number of fused-ring (bicyclic) bond motifs is 1. The molecule has 3 aromatic rings. The molecule has 5 nitrogen and oxygen atoms in total. The summed E-state index contributed by atoms with van der Waals surface area (Å²) in [4.78, 5) is 16.2. The number of aromatic nitrogens is 2. The third-order valence-corrected chi connectivity index (χ3v) is 3.20. The molecule has 6 heteroatoms. The molecule has 0 aliphatic heterocycles. The number of nitrogens with zero attached hydrogens (tertiary/aromatic N) is 2. The Labute approximate surface area is 126 Å². The smallest absolute Gasteiger partial charge is 0.319 e. The second-order valence-corrected chi connectivity index (χ2v) is 4.81. The number of hydrogen-bond donors (Lipinski definition) is 2. The fourth-order valence-electron chi connectivity index (χ4n) is 2.14. The molecule has 0 fully saturated rings. The first-order valence-electron chi connectivity index (χ1n) is 6.94. The van der Waals surface area contributed by atoms with E-state index in [1.807, 2.05) is 35.0 Å². The minimum absolute atomic E-state index is 0.160. The fourth-order valence-corrected chi connectivity index (χ4v) is 2.14. The van der Waals surface area contributed by atoms with Crippen LogP contribution in [0.4, 0.5) is 14.9 Å². The Hall–Kier alpha value is -2.89. The first kappa shape index (κ1) is 14.1. The van der Waals surface area contributed by atoms with E-state index < -0.39 is 11.8 Å². The number of para-hydroxylation sites is 1. The Morgan fingerprint density at radius 2 is 2.00 bits per heavy atom. The summed E-state index contributed by atoms with van der Waals surface area (Å²) in [7, 11) is 0. The number of hydrogen-bond acceptors (Lipinski definition) is 2. The first-order valence-corrected chi connectivity index (χ1v) is 6.94. The second kappa shape index (κ2) is 6.26. The van der Waals surface area contributed by atoms with Gasteiger partial charge in [0.1, 0.15) is 11.5 Å². The topological polar surface area (TPSA) is 58.4 Å². The van der Waals surface area contributed by atoms with Crippen molar-refractivity contribution in [3.63, 3.8) is 0 Å². The molecular weight excluding hydrogens is 283 g/mol. The van der Waals surface area contributed by atoms with Gasteiger partial charge in [-0.05, 0) is 24.3 Å². The van der Waals surface area contributed by atoms with Gasteiger partial charge in [0.15, 0.2) is 0 Å². The minimum atomic E-state index is -0.460. The molecule has 0 radical (unpaired) electrons. The highest BCUT2D eigenvalue weighted by molar-refractivity contribution is 5.89. The SMILES string of the molecule is O=C(NCCc1cn2ccccc2n1)Nc1ccccc1F. The molecule has 2 amide bonds. The summed E-state index contributed by atoms with van der Waals surface area (Å²) in [6.07, 6.45) is 4.45. The maximum atomic E-state index is 13.4. The molecular formula is C16H15FN4O. The highest BCUT2D eigenvalue weighted by Gasteiger charge is 2.06. The first-order chi connectivity index (χ1) is 10.7. The van der Waals surface area contributed by atoms with Gasteiger partial charge in [0, 0.05) is 25.4 Å². The number of halogens is 1. The predicted octanol–water partition coefficient (Wildman–Crippen LogP) is 2.84. The maximum absolute atomic E-state index is 13.4. The molecule has 0 aliphatic carbocycles. The maximum Gasteiger partial charge on any atom is 0.319 e. The lowest BCUT2D eigenvalue weighted by Gasteiger charge is -2.07. The zero-order valence-electron chi connectivity index (χ0n) is 11.8. The van der Waals surface area contributed by atoms with Crippen LogP contribution in [-0.2, 0) is 6.42 Å². The molecule has 0 unspecified atom stereocenters. The van der Waals surface area contributed by atoms with Gasteiger partial charge in [0.25, 0.3) is 0 Å². The molecule has 0 bridgehead atoms. The summed E-state index contributed by atoms with van der Waals surface area (Å²) in [5, 5.41) is 5.16. The standard InChI is InChI=1S/C16H15FN4O/c17-13-5-1-2-6-14(13)20-16(22)18-9-8-12-11-21-10-4-3-7-15(21)19-12/h1-7,10-11H,8-9H2,(H2,18,20,22). The van der Waals surface area contributed by atoms with Crippen LogP contribution in [-0.4, -0.2) is 22.0 Å². The molecule has 0 saturated heterocycles. The average molecular weight is 298 g/mol. The third-order valence-electron chi connectivity index (χ3n) is 3.20. The van der Waals surface area contributed by atoms with Crippen LogP contribution in [0.15, 0.2) is 54.9 Å². The van der Waals surface area contributed by atoms with Crippen LogP contribution in [0.2, 0.25) is 0 Å². The lowest BCUT2D eigenvalue weighted by molar-refractivity contribution is 0.252. The molecule has 112 valence electrons. The van der Waals surface area contributed by atoms with Crippen molar-refractivity contribution in [2.45, 2.75) is 6.42 Å². The molecule has 3 rings (SSSR count). The van der Waals surface area contributed by atoms with Crippen molar-refractivity contribution < 1.29 is 9.18 Å². The predicted molar refractivity (Wildman–Crippen MR) is 82.3 cm³/mol. The van der Waals surface area contributed by atoms with Crippen molar-refractivity contribution in [2.24, 2.45) is 0 Å². The zero-order valence-corrected chi connectivity index (χ0v) is 11.8. The Bertz CT molecular complexity index is 766. The van der Waals surface area contributed by atoms with Crippen molar-refractivity contribution in [2.75, 3.05) is 11.9 Å². The number of imidazole rings is 1. The summed E-state index contributed by atoms with van der Waals surface area (Å²) < 4.78 is 15.3. The Morgan fingerprint density at radius 1 is 1.18 bits per heavy atom. The van der Waals surface area contributed by atoms with Gasteiger partial charge in [-0.1, -0.05) is 18.2 Å². The van der Waals surface area contributed by atoms with Gasteiger partial charge in [-0.3, -0.25) is 0 Å². The number of anilines is 1. The van der Waals surface area contributed by atoms with Crippen molar-refractivity contribution in [3.05, 3.63) is 66.4 Å². The van der Waals surface area contributed by atoms with Gasteiger partial charge < -0.3 is 15.0 Å². The highest BCUT2D eigenvalue weighted by Crippen LogP contribution is 2.11. The Balaban J connectivity index is 1.52. The molecule has 0 atom stereocenters. The van der Waals surface area contributed by atoms with Crippen LogP contribution in [0.25, 0.3) is 5.65 Å². The Kier molecular flexibility index (Phi) is 4.00. The van der Waals surface area contributed by atoms with E-state index >= 15 is 0 Å². The Morgan fingerprint density at radius 3 is 2.82 bits per heavy atom. The monoisotopic (exact) mass is 298 g/mol. The van der Waals surface area contributed by atoms with E-state index in [-0.39, 0.29) is 5.69 Å². The number of nitrogens with one attached hydrogen (secondary N) is 2. The summed E-state index contributed by atoms with van der Waals surface area (Å²) in [6, 6.07) is 11.4. The number of urea groups is 1. The number of carbonyl (C=O) groups is 1. The van der Waals surface area contributed by atoms with Crippen LogP contribution in [0, 0.1) is 5.82 Å². The van der Waals surface area contributed by atoms with Crippen LogP contribution >= 0.6 is 0 Å². The van der Waals surface area contributed by atoms with E-state index in [1.165, 1.54) is 12.1 Å². The van der Waals surface area contributed by atoms with E-state index in [2.05, 4.69) is 15.6 Å². The van der Waals surface area contributed by atoms with E-state index in [4.69, 9.17) is 0 Å². The summed E-state index contributed by atoms with van der Waals surface area (Å²) >= 11 is 0. The van der Waals surface area contributed by atoms with Gasteiger partial charge in [0.05, 0.1) is 11.4 Å². The summed E-state index contributed by atoms with van der Waals surface area (Å²) in [5.41, 5.74) is 1.92. The van der Waals surface area contributed by atoms with Gasteiger partial charge >= 0.3 is 6.03 Å². The van der Waals surface area contributed by atoms with Crippen LogP contribution in [0.3, 0.4) is 0 Å². The fraction of sp³-hybridized carbons (Fsp3) is 0.125. The molecule has 2 N–H and O–H groups in total. The number of carbonyl (C=O) groups excluding carboxylic acids is 1. The molecule has 1 aromatic carbocycles. The molecule has 0 spiro atoms. The third kappa shape index (κ3) is 3.22. The van der Waals surface area contributed by atoms with Gasteiger partial charge in [0.2, 0.25) is 0 Å². The molecule has 0 saturated carbocycles. The van der Waals surface area contributed by atoms with Crippen molar-refractivity contribution in [1.82, 2.24) is 14.7 Å². The van der Waals surface area contributed by atoms with E-state index in [0.717, 1.165) is 11.3 Å². The average Bonchev–Trinajstić information content (AvgIpc) is 2.92. The normalized spacial score (nSPS) is 10.6. The number of rotatable bonds is 4.